The van der Waals surface area contributed by atoms with Gasteiger partial charge in [-0.3, -0.25) is 4.79 Å². The van der Waals surface area contributed by atoms with Crippen LogP contribution in [0.4, 0.5) is 4.39 Å². The van der Waals surface area contributed by atoms with E-state index in [0.29, 0.717) is 25.1 Å². The highest BCUT2D eigenvalue weighted by Crippen LogP contribution is 2.06. The van der Waals surface area contributed by atoms with Crippen molar-refractivity contribution < 1.29 is 13.9 Å². The SMILES string of the molecule is C=C/C(=C\C=C\C=O)OCCc1ccc(F)cc1. The fraction of sp³-hybridized carbons (Fsp3) is 0.133. The van der Waals surface area contributed by atoms with Crippen molar-refractivity contribution in [3.63, 3.8) is 0 Å². The van der Waals surface area contributed by atoms with E-state index in [4.69, 9.17) is 4.74 Å². The molecule has 1 aromatic carbocycles. The van der Waals surface area contributed by atoms with Crippen molar-refractivity contribution in [3.8, 4) is 0 Å². The van der Waals surface area contributed by atoms with Crippen LogP contribution in [0, 0.1) is 5.82 Å². The Hall–Kier alpha value is -2.16. The molecule has 0 unspecified atom stereocenters. The van der Waals surface area contributed by atoms with Crippen molar-refractivity contribution in [2.45, 2.75) is 6.42 Å². The first kappa shape index (κ1) is 13.9. The maximum Gasteiger partial charge on any atom is 0.142 e. The Morgan fingerprint density at radius 2 is 2.00 bits per heavy atom. The number of benzene rings is 1. The standard InChI is InChI=1S/C15H15FO2/c1-2-15(5-3-4-11-17)18-12-10-13-6-8-14(16)9-7-13/h2-9,11H,1,10,12H2/b4-3+,15-5+. The van der Waals surface area contributed by atoms with Gasteiger partial charge in [0.15, 0.2) is 0 Å². The molecule has 2 nitrogen and oxygen atoms in total. The predicted octanol–water partition coefficient (Wildman–Crippen LogP) is 3.21. The van der Waals surface area contributed by atoms with Gasteiger partial charge in [0.1, 0.15) is 17.9 Å². The molecule has 0 bridgehead atoms. The molecule has 0 aliphatic carbocycles. The van der Waals surface area contributed by atoms with Gasteiger partial charge in [0, 0.05) is 6.42 Å². The van der Waals surface area contributed by atoms with Crippen molar-refractivity contribution in [2.24, 2.45) is 0 Å². The highest BCUT2D eigenvalue weighted by atomic mass is 19.1. The summed E-state index contributed by atoms with van der Waals surface area (Å²) in [6, 6.07) is 6.30. The number of halogens is 1. The van der Waals surface area contributed by atoms with Gasteiger partial charge in [0.2, 0.25) is 0 Å². The smallest absolute Gasteiger partial charge is 0.142 e. The Kier molecular flexibility index (Phi) is 6.19. The highest BCUT2D eigenvalue weighted by Gasteiger charge is 1.96. The van der Waals surface area contributed by atoms with Gasteiger partial charge in [-0.1, -0.05) is 24.8 Å². The summed E-state index contributed by atoms with van der Waals surface area (Å²) in [5.41, 5.74) is 1.00. The Bertz CT molecular complexity index is 444. The Labute approximate surface area is 106 Å². The summed E-state index contributed by atoms with van der Waals surface area (Å²) >= 11 is 0. The van der Waals surface area contributed by atoms with Gasteiger partial charge < -0.3 is 4.74 Å². The number of allylic oxidation sites excluding steroid dienone is 4. The molecule has 0 saturated heterocycles. The van der Waals surface area contributed by atoms with Gasteiger partial charge >= 0.3 is 0 Å². The molecular weight excluding hydrogens is 231 g/mol. The second-order valence-electron chi connectivity index (χ2n) is 3.52. The summed E-state index contributed by atoms with van der Waals surface area (Å²) in [7, 11) is 0. The van der Waals surface area contributed by atoms with Gasteiger partial charge in [0.25, 0.3) is 0 Å². The van der Waals surface area contributed by atoms with Gasteiger partial charge in [-0.05, 0) is 35.9 Å². The van der Waals surface area contributed by atoms with Crippen molar-refractivity contribution >= 4 is 6.29 Å². The molecule has 0 aliphatic rings. The summed E-state index contributed by atoms with van der Waals surface area (Å²) in [5, 5.41) is 0. The third kappa shape index (κ3) is 5.25. The lowest BCUT2D eigenvalue weighted by atomic mass is 10.2. The van der Waals surface area contributed by atoms with Gasteiger partial charge in [0.05, 0.1) is 6.61 Å². The molecule has 0 spiro atoms. The summed E-state index contributed by atoms with van der Waals surface area (Å²) in [5.74, 6) is 0.348. The van der Waals surface area contributed by atoms with Crippen LogP contribution in [0.1, 0.15) is 5.56 Å². The third-order valence-corrected chi connectivity index (χ3v) is 2.22. The molecule has 0 amide bonds. The molecule has 0 radical (unpaired) electrons. The second kappa shape index (κ2) is 8.01. The van der Waals surface area contributed by atoms with Gasteiger partial charge in [-0.25, -0.2) is 4.39 Å². The third-order valence-electron chi connectivity index (χ3n) is 2.22. The molecule has 1 aromatic rings. The number of hydrogen-bond donors (Lipinski definition) is 0. The quantitative estimate of drug-likeness (QED) is 0.319. The zero-order valence-corrected chi connectivity index (χ0v) is 10.0. The summed E-state index contributed by atoms with van der Waals surface area (Å²) in [6.45, 7) is 4.08. The first-order valence-electron chi connectivity index (χ1n) is 5.58. The van der Waals surface area contributed by atoms with Crippen molar-refractivity contribution in [2.75, 3.05) is 6.61 Å². The zero-order chi connectivity index (χ0) is 13.2. The van der Waals surface area contributed by atoms with Gasteiger partial charge in [-0.2, -0.15) is 0 Å². The van der Waals surface area contributed by atoms with Gasteiger partial charge in [-0.15, -0.1) is 0 Å². The maximum absolute atomic E-state index is 12.7. The van der Waals surface area contributed by atoms with E-state index in [9.17, 15) is 9.18 Å². The molecule has 3 heteroatoms. The Morgan fingerprint density at radius 3 is 2.61 bits per heavy atom. The highest BCUT2D eigenvalue weighted by molar-refractivity contribution is 5.65. The van der Waals surface area contributed by atoms with Crippen LogP contribution in [0.15, 0.2) is 60.9 Å². The van der Waals surface area contributed by atoms with Crippen LogP contribution >= 0.6 is 0 Å². The minimum atomic E-state index is -0.245. The Morgan fingerprint density at radius 1 is 1.28 bits per heavy atom. The van der Waals surface area contributed by atoms with E-state index in [1.165, 1.54) is 18.2 Å². The number of carbonyl (C=O) groups is 1. The fourth-order valence-electron chi connectivity index (χ4n) is 1.31. The van der Waals surface area contributed by atoms with Crippen molar-refractivity contribution in [1.29, 1.82) is 0 Å². The predicted molar refractivity (Wildman–Crippen MR) is 69.5 cm³/mol. The van der Waals surface area contributed by atoms with E-state index in [1.54, 1.807) is 30.4 Å². The van der Waals surface area contributed by atoms with Crippen LogP contribution in [0.25, 0.3) is 0 Å². The fourth-order valence-corrected chi connectivity index (χ4v) is 1.31. The molecule has 18 heavy (non-hydrogen) atoms. The van der Waals surface area contributed by atoms with Crippen molar-refractivity contribution in [1.82, 2.24) is 0 Å². The minimum Gasteiger partial charge on any atom is -0.493 e. The lowest BCUT2D eigenvalue weighted by Crippen LogP contribution is -1.97. The average molecular weight is 246 g/mol. The van der Waals surface area contributed by atoms with E-state index in [2.05, 4.69) is 6.58 Å². The molecule has 0 aromatic heterocycles. The first-order valence-corrected chi connectivity index (χ1v) is 5.58. The van der Waals surface area contributed by atoms with Crippen molar-refractivity contribution in [3.05, 3.63) is 72.3 Å². The second-order valence-corrected chi connectivity index (χ2v) is 3.52. The van der Waals surface area contributed by atoms with Crippen LogP contribution in [0.2, 0.25) is 0 Å². The molecule has 0 aliphatic heterocycles. The summed E-state index contributed by atoms with van der Waals surface area (Å²) in [6.07, 6.45) is 7.55. The molecule has 0 heterocycles. The van der Waals surface area contributed by atoms with Crippen LogP contribution in [-0.2, 0) is 16.0 Å². The summed E-state index contributed by atoms with van der Waals surface area (Å²) < 4.78 is 18.1. The van der Waals surface area contributed by atoms with E-state index in [1.807, 2.05) is 0 Å². The molecule has 0 N–H and O–H groups in total. The molecule has 0 atom stereocenters. The maximum atomic E-state index is 12.7. The van der Waals surface area contributed by atoms with E-state index in [0.717, 1.165) is 5.56 Å². The minimum absolute atomic E-state index is 0.245. The lowest BCUT2D eigenvalue weighted by Gasteiger charge is -2.06. The normalized spacial score (nSPS) is 11.5. The number of hydrogen-bond acceptors (Lipinski definition) is 2. The van der Waals surface area contributed by atoms with E-state index < -0.39 is 0 Å². The van der Waals surface area contributed by atoms with Crippen LogP contribution in [0.5, 0.6) is 0 Å². The molecular formula is C15H15FO2. The van der Waals surface area contributed by atoms with Crippen LogP contribution in [-0.4, -0.2) is 12.9 Å². The first-order chi connectivity index (χ1) is 8.76. The number of rotatable bonds is 7. The van der Waals surface area contributed by atoms with Crippen LogP contribution < -0.4 is 0 Å². The largest absolute Gasteiger partial charge is 0.493 e. The average Bonchev–Trinajstić information content (AvgIpc) is 2.39. The lowest BCUT2D eigenvalue weighted by molar-refractivity contribution is -0.104. The van der Waals surface area contributed by atoms with E-state index in [-0.39, 0.29) is 5.82 Å². The molecule has 1 rings (SSSR count). The number of ether oxygens (including phenoxy) is 1. The molecule has 0 saturated carbocycles. The Balaban J connectivity index is 2.42. The zero-order valence-electron chi connectivity index (χ0n) is 10.0. The number of aldehydes is 1. The molecule has 0 fully saturated rings. The molecule has 94 valence electrons. The topological polar surface area (TPSA) is 26.3 Å². The monoisotopic (exact) mass is 246 g/mol. The number of carbonyl (C=O) groups excluding carboxylic acids is 1. The van der Waals surface area contributed by atoms with Crippen LogP contribution in [0.3, 0.4) is 0 Å². The van der Waals surface area contributed by atoms with E-state index >= 15 is 0 Å². The summed E-state index contributed by atoms with van der Waals surface area (Å²) in [4.78, 5) is 10.1.